The maximum Gasteiger partial charge on any atom is 0.410 e. The maximum atomic E-state index is 12.0. The van der Waals surface area contributed by atoms with Crippen LogP contribution in [0.2, 0.25) is 0 Å². The summed E-state index contributed by atoms with van der Waals surface area (Å²) in [6, 6.07) is 0. The normalized spacial score (nSPS) is 29.2. The van der Waals surface area contributed by atoms with Crippen molar-refractivity contribution in [2.45, 2.75) is 39.4 Å². The number of aromatic nitrogens is 1. The molecule has 0 bridgehead atoms. The first-order chi connectivity index (χ1) is 9.76. The average Bonchev–Trinajstić information content (AvgIpc) is 2.76. The number of likely N-dealkylation sites (tertiary alicyclic amines) is 1. The maximum absolute atomic E-state index is 12.0. The second kappa shape index (κ2) is 4.95. The first-order valence-electron chi connectivity index (χ1n) is 7.34. The highest BCUT2D eigenvalue weighted by atomic mass is 32.1. The summed E-state index contributed by atoms with van der Waals surface area (Å²) >= 11 is 1.51. The van der Waals surface area contributed by atoms with E-state index in [1.807, 2.05) is 33.1 Å². The topological polar surface area (TPSA) is 62.7 Å². The molecule has 1 aliphatic carbocycles. The molecule has 1 aromatic rings. The Morgan fingerprint density at radius 2 is 2.10 bits per heavy atom. The van der Waals surface area contributed by atoms with Gasteiger partial charge in [-0.05, 0) is 39.5 Å². The number of hydrogen-bond donors (Lipinski definition) is 1. The van der Waals surface area contributed by atoms with Gasteiger partial charge in [0.15, 0.2) is 0 Å². The lowest BCUT2D eigenvalue weighted by molar-refractivity contribution is 0.0241. The Hall–Kier alpha value is -1.14. The zero-order valence-corrected chi connectivity index (χ0v) is 13.7. The third-order valence-corrected chi connectivity index (χ3v) is 5.20. The highest BCUT2D eigenvalue weighted by Gasteiger charge is 2.60. The van der Waals surface area contributed by atoms with E-state index in [1.54, 1.807) is 4.90 Å². The van der Waals surface area contributed by atoms with Gasteiger partial charge in [0.1, 0.15) is 16.7 Å². The molecule has 1 aromatic heterocycles. The number of aliphatic hydroxyl groups excluding tert-OH is 1. The van der Waals surface area contributed by atoms with Gasteiger partial charge in [0.05, 0.1) is 0 Å². The van der Waals surface area contributed by atoms with Gasteiger partial charge >= 0.3 is 6.09 Å². The van der Waals surface area contributed by atoms with Gasteiger partial charge in [-0.15, -0.1) is 11.3 Å². The Bertz CT molecular complexity index is 539. The molecule has 2 unspecified atom stereocenters. The molecule has 1 saturated carbocycles. The SMILES string of the molecule is Cc1csc(C(O)C2[C@H]3CN(C(=O)OC(C)(C)C)C[C@@H]23)n1. The van der Waals surface area contributed by atoms with Crippen molar-refractivity contribution in [1.82, 2.24) is 9.88 Å². The van der Waals surface area contributed by atoms with Crippen molar-refractivity contribution >= 4 is 17.4 Å². The van der Waals surface area contributed by atoms with Crippen LogP contribution in [0.1, 0.15) is 37.6 Å². The summed E-state index contributed by atoms with van der Waals surface area (Å²) < 4.78 is 5.39. The Kier molecular flexibility index (Phi) is 3.48. The van der Waals surface area contributed by atoms with Crippen LogP contribution in [0.3, 0.4) is 0 Å². The molecule has 1 amide bonds. The largest absolute Gasteiger partial charge is 0.444 e. The number of hydrogen-bond acceptors (Lipinski definition) is 5. The summed E-state index contributed by atoms with van der Waals surface area (Å²) in [5.41, 5.74) is 0.497. The van der Waals surface area contributed by atoms with Crippen LogP contribution in [0.15, 0.2) is 5.38 Å². The minimum absolute atomic E-state index is 0.243. The molecule has 3 rings (SSSR count). The molecule has 0 aromatic carbocycles. The highest BCUT2D eigenvalue weighted by molar-refractivity contribution is 7.09. The van der Waals surface area contributed by atoms with Crippen molar-refractivity contribution in [3.8, 4) is 0 Å². The first kappa shape index (κ1) is 14.8. The van der Waals surface area contributed by atoms with Crippen LogP contribution in [0.4, 0.5) is 4.79 Å². The van der Waals surface area contributed by atoms with Crippen LogP contribution in [0.5, 0.6) is 0 Å². The van der Waals surface area contributed by atoms with Crippen molar-refractivity contribution < 1.29 is 14.6 Å². The van der Waals surface area contributed by atoms with Gasteiger partial charge in [0.2, 0.25) is 0 Å². The summed E-state index contributed by atoms with van der Waals surface area (Å²) in [6.07, 6.45) is -0.729. The molecule has 6 heteroatoms. The van der Waals surface area contributed by atoms with Gasteiger partial charge in [-0.3, -0.25) is 0 Å². The molecule has 0 radical (unpaired) electrons. The zero-order chi connectivity index (χ0) is 15.4. The van der Waals surface area contributed by atoms with E-state index >= 15 is 0 Å². The lowest BCUT2D eigenvalue weighted by Crippen LogP contribution is -2.37. The predicted molar refractivity (Wildman–Crippen MR) is 80.1 cm³/mol. The monoisotopic (exact) mass is 310 g/mol. The lowest BCUT2D eigenvalue weighted by atomic mass is 10.1. The molecule has 0 spiro atoms. The summed E-state index contributed by atoms with van der Waals surface area (Å²) in [4.78, 5) is 18.1. The third kappa shape index (κ3) is 2.92. The van der Waals surface area contributed by atoms with Crippen LogP contribution >= 0.6 is 11.3 Å². The van der Waals surface area contributed by atoms with Gasteiger partial charge in [-0.2, -0.15) is 0 Å². The molecule has 4 atom stereocenters. The van der Waals surface area contributed by atoms with Gasteiger partial charge in [0, 0.05) is 30.1 Å². The fourth-order valence-corrected chi connectivity index (χ4v) is 4.03. The van der Waals surface area contributed by atoms with Crippen molar-refractivity contribution in [2.75, 3.05) is 13.1 Å². The predicted octanol–water partition coefficient (Wildman–Crippen LogP) is 2.60. The second-order valence-corrected chi connectivity index (χ2v) is 7.95. The van der Waals surface area contributed by atoms with E-state index in [0.717, 1.165) is 10.7 Å². The highest BCUT2D eigenvalue weighted by Crippen LogP contribution is 2.57. The van der Waals surface area contributed by atoms with E-state index in [0.29, 0.717) is 24.9 Å². The van der Waals surface area contributed by atoms with E-state index in [1.165, 1.54) is 11.3 Å². The molecule has 1 aliphatic heterocycles. The van der Waals surface area contributed by atoms with Crippen LogP contribution in [0.25, 0.3) is 0 Å². The number of carbonyl (C=O) groups excluding carboxylic acids is 1. The van der Waals surface area contributed by atoms with Gasteiger partial charge in [-0.1, -0.05) is 0 Å². The van der Waals surface area contributed by atoms with E-state index in [9.17, 15) is 9.90 Å². The Balaban J connectivity index is 1.55. The number of carbonyl (C=O) groups is 1. The third-order valence-electron chi connectivity index (χ3n) is 4.17. The van der Waals surface area contributed by atoms with Crippen LogP contribution in [-0.2, 0) is 4.74 Å². The summed E-state index contributed by atoms with van der Waals surface area (Å²) in [5, 5.41) is 13.2. The van der Waals surface area contributed by atoms with Gasteiger partial charge < -0.3 is 14.7 Å². The number of fused-ring (bicyclic) bond motifs is 1. The quantitative estimate of drug-likeness (QED) is 0.912. The number of ether oxygens (including phenoxy) is 1. The smallest absolute Gasteiger partial charge is 0.410 e. The average molecular weight is 310 g/mol. The number of thiazole rings is 1. The van der Waals surface area contributed by atoms with Crippen LogP contribution in [0, 0.1) is 24.7 Å². The molecule has 2 heterocycles. The standard InChI is InChI=1S/C15H22N2O3S/c1-8-7-21-13(16-8)12(18)11-9-5-17(6-10(9)11)14(19)20-15(2,3)4/h7,9-12,18H,5-6H2,1-4H3/t9-,10+,11?,12?. The lowest BCUT2D eigenvalue weighted by Gasteiger charge is -2.26. The number of aliphatic hydroxyl groups is 1. The molecule has 21 heavy (non-hydrogen) atoms. The van der Waals surface area contributed by atoms with Gasteiger partial charge in [0.25, 0.3) is 0 Å². The first-order valence-corrected chi connectivity index (χ1v) is 8.22. The number of aryl methyl sites for hydroxylation is 1. The Morgan fingerprint density at radius 1 is 1.48 bits per heavy atom. The van der Waals surface area contributed by atoms with Crippen molar-refractivity contribution in [3.05, 3.63) is 16.1 Å². The molecule has 5 nitrogen and oxygen atoms in total. The molecule has 116 valence electrons. The van der Waals surface area contributed by atoms with Crippen LogP contribution < -0.4 is 0 Å². The number of amides is 1. The minimum Gasteiger partial charge on any atom is -0.444 e. The van der Waals surface area contributed by atoms with E-state index < -0.39 is 11.7 Å². The molecule has 1 N–H and O–H groups in total. The molecule has 1 saturated heterocycles. The molecular formula is C15H22N2O3S. The summed E-state index contributed by atoms with van der Waals surface area (Å²) in [7, 11) is 0. The van der Waals surface area contributed by atoms with Crippen LogP contribution in [-0.4, -0.2) is 39.8 Å². The Labute approximate surface area is 128 Å². The molecule has 2 aliphatic rings. The number of rotatable bonds is 2. The zero-order valence-electron chi connectivity index (χ0n) is 12.9. The van der Waals surface area contributed by atoms with E-state index in [2.05, 4.69) is 4.98 Å². The Morgan fingerprint density at radius 3 is 2.57 bits per heavy atom. The number of nitrogens with zero attached hydrogens (tertiary/aromatic N) is 2. The summed E-state index contributed by atoms with van der Waals surface area (Å²) in [5.74, 6) is 1.02. The summed E-state index contributed by atoms with van der Waals surface area (Å²) in [6.45, 7) is 8.93. The van der Waals surface area contributed by atoms with E-state index in [4.69, 9.17) is 4.74 Å². The van der Waals surface area contributed by atoms with Gasteiger partial charge in [-0.25, -0.2) is 9.78 Å². The second-order valence-electron chi connectivity index (χ2n) is 7.06. The molecule has 2 fully saturated rings. The minimum atomic E-state index is -0.487. The molecular weight excluding hydrogens is 288 g/mol. The van der Waals surface area contributed by atoms with Crippen molar-refractivity contribution in [2.24, 2.45) is 17.8 Å². The fraction of sp³-hybridized carbons (Fsp3) is 0.733. The number of piperidine rings is 1. The fourth-order valence-electron chi connectivity index (χ4n) is 3.19. The van der Waals surface area contributed by atoms with E-state index in [-0.39, 0.29) is 12.0 Å². The van der Waals surface area contributed by atoms with Crippen molar-refractivity contribution in [1.29, 1.82) is 0 Å². The van der Waals surface area contributed by atoms with Crippen molar-refractivity contribution in [3.63, 3.8) is 0 Å².